The van der Waals surface area contributed by atoms with E-state index < -0.39 is 57.0 Å². The number of alkyl halides is 1. The number of methoxy groups -OCH3 is 1. The predicted octanol–water partition coefficient (Wildman–Crippen LogP) is 4.00. The summed E-state index contributed by atoms with van der Waals surface area (Å²) in [5.41, 5.74) is -2.66. The molecular weight excluding hydrogens is 371 g/mol. The van der Waals surface area contributed by atoms with Crippen molar-refractivity contribution < 1.29 is 36.6 Å². The molecule has 1 aromatic carbocycles. The molecule has 2 atom stereocenters. The van der Waals surface area contributed by atoms with Crippen molar-refractivity contribution >= 4 is 17.6 Å². The van der Waals surface area contributed by atoms with E-state index in [1.807, 2.05) is 0 Å². The largest absolute Gasteiger partial charge is 0.468 e. The Balaban J connectivity index is 2.72. The normalized spacial score (nSPS) is 19.5. The number of aliphatic hydroxyl groups excluding tert-OH is 1. The zero-order chi connectivity index (χ0) is 19.3. The Bertz CT molecular complexity index is 691. The van der Waals surface area contributed by atoms with Gasteiger partial charge in [-0.05, 0) is 18.8 Å². The number of halogens is 6. The number of carbonyl (C=O) groups excluding carboxylic acids is 1. The first kappa shape index (κ1) is 19.9. The van der Waals surface area contributed by atoms with Crippen molar-refractivity contribution in [2.45, 2.75) is 37.7 Å². The van der Waals surface area contributed by atoms with Crippen LogP contribution in [0.5, 0.6) is 0 Å². The molecule has 1 aromatic rings. The number of benzene rings is 1. The van der Waals surface area contributed by atoms with E-state index in [4.69, 9.17) is 11.6 Å². The van der Waals surface area contributed by atoms with Gasteiger partial charge < -0.3 is 9.84 Å². The van der Waals surface area contributed by atoms with E-state index in [1.165, 1.54) is 0 Å². The van der Waals surface area contributed by atoms with Crippen molar-refractivity contribution in [2.24, 2.45) is 11.3 Å². The maximum Gasteiger partial charge on any atom is 0.330 e. The molecule has 2 rings (SSSR count). The lowest BCUT2D eigenvalue weighted by atomic mass is 9.74. The lowest BCUT2D eigenvalue weighted by molar-refractivity contribution is -0.152. The number of aliphatic hydroxyl groups is 1. The topological polar surface area (TPSA) is 46.5 Å². The Kier molecular flexibility index (Phi) is 5.09. The van der Waals surface area contributed by atoms with Gasteiger partial charge in [-0.15, -0.1) is 11.6 Å². The fourth-order valence-electron chi connectivity index (χ4n) is 3.29. The Morgan fingerprint density at radius 3 is 1.80 bits per heavy atom. The van der Waals surface area contributed by atoms with Crippen LogP contribution < -0.4 is 0 Å². The summed E-state index contributed by atoms with van der Waals surface area (Å²) >= 11 is 6.32. The molecule has 0 aromatic heterocycles. The molecule has 1 aliphatic rings. The van der Waals surface area contributed by atoms with Crippen LogP contribution in [0.2, 0.25) is 0 Å². The average Bonchev–Trinajstić information content (AvgIpc) is 3.39. The van der Waals surface area contributed by atoms with Crippen LogP contribution in [0.1, 0.15) is 38.4 Å². The van der Waals surface area contributed by atoms with Crippen LogP contribution in [0, 0.1) is 40.4 Å². The smallest absolute Gasteiger partial charge is 0.330 e. The van der Waals surface area contributed by atoms with Crippen LogP contribution >= 0.6 is 11.6 Å². The zero-order valence-electron chi connectivity index (χ0n) is 13.6. The van der Waals surface area contributed by atoms with Crippen molar-refractivity contribution in [2.75, 3.05) is 7.11 Å². The number of esters is 1. The molecule has 140 valence electrons. The molecular formula is C16H16ClF5O3. The van der Waals surface area contributed by atoms with Crippen LogP contribution in [-0.2, 0) is 9.53 Å². The third-order valence-electron chi connectivity index (χ3n) is 4.99. The summed E-state index contributed by atoms with van der Waals surface area (Å²) in [5, 5.41) is 10.5. The summed E-state index contributed by atoms with van der Waals surface area (Å²) in [6.45, 7) is 3.33. The number of hydrogen-bond donors (Lipinski definition) is 1. The molecule has 1 N–H and O–H groups in total. The van der Waals surface area contributed by atoms with Crippen molar-refractivity contribution in [3.05, 3.63) is 34.6 Å². The standard InChI is InChI=1S/C16H16ClF5O3/c1-6(2)15(4-5-15)16(17,14(24)25-3)13(23)7-8(18)10(20)12(22)11(21)9(7)19/h6,13,23H,4-5H2,1-3H3/t13-,16+/m0/s1. The van der Waals surface area contributed by atoms with Crippen LogP contribution in [0.25, 0.3) is 0 Å². The van der Waals surface area contributed by atoms with E-state index in [0.717, 1.165) is 7.11 Å². The van der Waals surface area contributed by atoms with E-state index >= 15 is 0 Å². The molecule has 0 spiro atoms. The Morgan fingerprint density at radius 1 is 1.08 bits per heavy atom. The van der Waals surface area contributed by atoms with E-state index in [2.05, 4.69) is 4.74 Å². The van der Waals surface area contributed by atoms with Gasteiger partial charge in [0.2, 0.25) is 5.82 Å². The van der Waals surface area contributed by atoms with Gasteiger partial charge in [0, 0.05) is 5.41 Å². The lowest BCUT2D eigenvalue weighted by Crippen LogP contribution is -2.51. The highest BCUT2D eigenvalue weighted by Gasteiger charge is 2.69. The third kappa shape index (κ3) is 2.61. The summed E-state index contributed by atoms with van der Waals surface area (Å²) in [6, 6.07) is 0. The van der Waals surface area contributed by atoms with Gasteiger partial charge in [-0.1, -0.05) is 13.8 Å². The van der Waals surface area contributed by atoms with E-state index in [1.54, 1.807) is 13.8 Å². The SMILES string of the molecule is COC(=O)[C@](Cl)([C@@H](O)c1c(F)c(F)c(F)c(F)c1F)C1(C(C)C)CC1. The third-order valence-corrected chi connectivity index (χ3v) is 5.73. The molecule has 0 unspecified atom stereocenters. The molecule has 0 amide bonds. The fraction of sp³-hybridized carbons (Fsp3) is 0.562. The van der Waals surface area contributed by atoms with Crippen LogP contribution in [0.3, 0.4) is 0 Å². The highest BCUT2D eigenvalue weighted by Crippen LogP contribution is 2.66. The average molecular weight is 387 g/mol. The van der Waals surface area contributed by atoms with Crippen molar-refractivity contribution in [1.82, 2.24) is 0 Å². The second kappa shape index (κ2) is 6.39. The van der Waals surface area contributed by atoms with Gasteiger partial charge in [-0.25, -0.2) is 22.0 Å². The van der Waals surface area contributed by atoms with Crippen molar-refractivity contribution in [3.63, 3.8) is 0 Å². The summed E-state index contributed by atoms with van der Waals surface area (Å²) in [6.07, 6.45) is -1.87. The molecule has 0 saturated heterocycles. The minimum absolute atomic E-state index is 0.315. The van der Waals surface area contributed by atoms with E-state index in [-0.39, 0.29) is 5.92 Å². The first-order valence-corrected chi connectivity index (χ1v) is 7.81. The van der Waals surface area contributed by atoms with Gasteiger partial charge in [-0.2, -0.15) is 0 Å². The molecule has 3 nitrogen and oxygen atoms in total. The van der Waals surface area contributed by atoms with Gasteiger partial charge in [-0.3, -0.25) is 4.79 Å². The number of rotatable bonds is 5. The van der Waals surface area contributed by atoms with E-state index in [9.17, 15) is 31.9 Å². The fourth-order valence-corrected chi connectivity index (χ4v) is 3.89. The molecule has 1 aliphatic carbocycles. The van der Waals surface area contributed by atoms with Crippen LogP contribution in [0.15, 0.2) is 0 Å². The van der Waals surface area contributed by atoms with Gasteiger partial charge in [0.1, 0.15) is 6.10 Å². The van der Waals surface area contributed by atoms with Crippen LogP contribution in [-0.4, -0.2) is 23.1 Å². The molecule has 0 bridgehead atoms. The van der Waals surface area contributed by atoms with Gasteiger partial charge in [0.25, 0.3) is 0 Å². The molecule has 0 aliphatic heterocycles. The summed E-state index contributed by atoms with van der Waals surface area (Å²) in [5.74, 6) is -12.8. The highest BCUT2D eigenvalue weighted by atomic mass is 35.5. The maximum absolute atomic E-state index is 14.1. The molecule has 1 fully saturated rings. The minimum atomic E-state index is -2.50. The number of hydrogen-bond acceptors (Lipinski definition) is 3. The highest BCUT2D eigenvalue weighted by molar-refractivity contribution is 6.35. The first-order valence-electron chi connectivity index (χ1n) is 7.44. The number of carbonyl (C=O) groups is 1. The zero-order valence-corrected chi connectivity index (χ0v) is 14.4. The molecule has 0 radical (unpaired) electrons. The first-order chi connectivity index (χ1) is 11.5. The van der Waals surface area contributed by atoms with E-state index in [0.29, 0.717) is 12.8 Å². The molecule has 25 heavy (non-hydrogen) atoms. The Morgan fingerprint density at radius 2 is 1.48 bits per heavy atom. The quantitative estimate of drug-likeness (QED) is 0.273. The van der Waals surface area contributed by atoms with Crippen LogP contribution in [0.4, 0.5) is 22.0 Å². The second-order valence-electron chi connectivity index (χ2n) is 6.40. The molecule has 9 heteroatoms. The summed E-state index contributed by atoms with van der Waals surface area (Å²) in [4.78, 5) is 9.87. The molecule has 0 heterocycles. The lowest BCUT2D eigenvalue weighted by Gasteiger charge is -2.39. The summed E-state index contributed by atoms with van der Waals surface area (Å²) in [7, 11) is 0.946. The Labute approximate surface area is 145 Å². The summed E-state index contributed by atoms with van der Waals surface area (Å²) < 4.78 is 72.9. The van der Waals surface area contributed by atoms with Gasteiger partial charge >= 0.3 is 5.97 Å². The predicted molar refractivity (Wildman–Crippen MR) is 78.3 cm³/mol. The van der Waals surface area contributed by atoms with Crippen molar-refractivity contribution in [1.29, 1.82) is 0 Å². The monoisotopic (exact) mass is 386 g/mol. The molecule has 1 saturated carbocycles. The van der Waals surface area contributed by atoms with Gasteiger partial charge in [0.05, 0.1) is 12.7 Å². The minimum Gasteiger partial charge on any atom is -0.468 e. The number of ether oxygens (including phenoxy) is 1. The maximum atomic E-state index is 14.1. The Hall–Kier alpha value is -1.41. The second-order valence-corrected chi connectivity index (χ2v) is 7.00. The van der Waals surface area contributed by atoms with Gasteiger partial charge in [0.15, 0.2) is 28.1 Å². The van der Waals surface area contributed by atoms with Crippen molar-refractivity contribution in [3.8, 4) is 0 Å².